The first kappa shape index (κ1) is 15.7. The normalized spacial score (nSPS) is 10.2. The summed E-state index contributed by atoms with van der Waals surface area (Å²) in [6.07, 6.45) is 0. The molecule has 0 saturated carbocycles. The van der Waals surface area contributed by atoms with E-state index in [-0.39, 0.29) is 16.2 Å². The van der Waals surface area contributed by atoms with E-state index in [0.29, 0.717) is 0 Å². The molecule has 2 rings (SSSR count). The van der Waals surface area contributed by atoms with Crippen molar-refractivity contribution in [2.24, 2.45) is 0 Å². The van der Waals surface area contributed by atoms with Crippen molar-refractivity contribution in [2.75, 3.05) is 0 Å². The summed E-state index contributed by atoms with van der Waals surface area (Å²) in [7, 11) is -4.00. The van der Waals surface area contributed by atoms with Crippen LogP contribution in [0, 0.1) is 0 Å². The minimum Gasteiger partial charge on any atom is -0.508 e. The fourth-order valence-electron chi connectivity index (χ4n) is 1.20. The van der Waals surface area contributed by atoms with Crippen LogP contribution < -0.4 is 0 Å². The van der Waals surface area contributed by atoms with Crippen LogP contribution in [0.3, 0.4) is 0 Å². The third-order valence-corrected chi connectivity index (χ3v) is 3.02. The fourth-order valence-corrected chi connectivity index (χ4v) is 1.70. The minimum absolute atomic E-state index is 0.0741. The molecule has 0 amide bonds. The summed E-state index contributed by atoms with van der Waals surface area (Å²) in [4.78, 5) is 10.2. The highest BCUT2D eigenvalue weighted by Crippen LogP contribution is 2.08. The standard InChI is InChI=1S/C7H6O3.C6H6O3S/c8-6-3-1-5(2-4-6)7(9)10;7-10(8,9)6-4-2-1-3-5-6/h1-4,8H,(H,9,10);1-5H,(H,7,8,9). The highest BCUT2D eigenvalue weighted by atomic mass is 32.2. The molecule has 0 unspecified atom stereocenters. The second kappa shape index (κ2) is 6.69. The van der Waals surface area contributed by atoms with Gasteiger partial charge < -0.3 is 10.2 Å². The predicted molar refractivity (Wildman–Crippen MR) is 71.3 cm³/mol. The van der Waals surface area contributed by atoms with Crippen molar-refractivity contribution in [1.82, 2.24) is 0 Å². The van der Waals surface area contributed by atoms with Crippen LogP contribution in [0.1, 0.15) is 10.4 Å². The van der Waals surface area contributed by atoms with Gasteiger partial charge in [-0.15, -0.1) is 0 Å². The molecule has 0 radical (unpaired) electrons. The zero-order chi connectivity index (χ0) is 15.2. The molecule has 0 aliphatic heterocycles. The number of phenols is 1. The van der Waals surface area contributed by atoms with Gasteiger partial charge in [0, 0.05) is 0 Å². The Hall–Kier alpha value is -2.38. The van der Waals surface area contributed by atoms with Crippen LogP contribution in [0.15, 0.2) is 59.5 Å². The first-order valence-electron chi connectivity index (χ1n) is 5.35. The monoisotopic (exact) mass is 296 g/mol. The maximum Gasteiger partial charge on any atom is 0.335 e. The molecule has 3 N–H and O–H groups in total. The number of rotatable bonds is 2. The van der Waals surface area contributed by atoms with Gasteiger partial charge in [-0.3, -0.25) is 4.55 Å². The number of hydrogen-bond donors (Lipinski definition) is 3. The van der Waals surface area contributed by atoms with Gasteiger partial charge in [-0.25, -0.2) is 4.79 Å². The number of aromatic hydroxyl groups is 1. The molecule has 106 valence electrons. The van der Waals surface area contributed by atoms with Gasteiger partial charge >= 0.3 is 5.97 Å². The first-order valence-corrected chi connectivity index (χ1v) is 6.79. The number of benzene rings is 2. The molecule has 0 spiro atoms. The lowest BCUT2D eigenvalue weighted by Crippen LogP contribution is -1.96. The molecular weight excluding hydrogens is 284 g/mol. The first-order chi connectivity index (χ1) is 9.30. The molecule has 0 bridgehead atoms. The molecule has 0 atom stereocenters. The zero-order valence-corrected chi connectivity index (χ0v) is 11.0. The average molecular weight is 296 g/mol. The number of carboxylic acids is 1. The van der Waals surface area contributed by atoms with Gasteiger partial charge in [-0.1, -0.05) is 18.2 Å². The average Bonchev–Trinajstić information content (AvgIpc) is 2.40. The van der Waals surface area contributed by atoms with Crippen LogP contribution in [0.5, 0.6) is 5.75 Å². The van der Waals surface area contributed by atoms with Gasteiger partial charge in [-0.05, 0) is 36.4 Å². The second-order valence-corrected chi connectivity index (χ2v) is 5.06. The van der Waals surface area contributed by atoms with Crippen LogP contribution in [0.25, 0.3) is 0 Å². The van der Waals surface area contributed by atoms with Crippen molar-refractivity contribution >= 4 is 16.1 Å². The predicted octanol–water partition coefficient (Wildman–Crippen LogP) is 2.02. The Morgan fingerprint density at radius 3 is 1.75 bits per heavy atom. The van der Waals surface area contributed by atoms with E-state index in [4.69, 9.17) is 14.8 Å². The summed E-state index contributed by atoms with van der Waals surface area (Å²) in [6, 6.07) is 12.8. The molecule has 7 heteroatoms. The van der Waals surface area contributed by atoms with Gasteiger partial charge in [0.05, 0.1) is 10.5 Å². The van der Waals surface area contributed by atoms with E-state index in [1.54, 1.807) is 18.2 Å². The zero-order valence-electron chi connectivity index (χ0n) is 10.2. The number of hydrogen-bond acceptors (Lipinski definition) is 4. The quantitative estimate of drug-likeness (QED) is 0.731. The SMILES string of the molecule is O=C(O)c1ccc(O)cc1.O=S(=O)(O)c1ccccc1. The van der Waals surface area contributed by atoms with E-state index in [2.05, 4.69) is 0 Å². The van der Waals surface area contributed by atoms with Crippen LogP contribution in [0.2, 0.25) is 0 Å². The van der Waals surface area contributed by atoms with Gasteiger partial charge in [0.15, 0.2) is 0 Å². The van der Waals surface area contributed by atoms with E-state index < -0.39 is 16.1 Å². The molecule has 2 aromatic carbocycles. The summed E-state index contributed by atoms with van der Waals surface area (Å²) < 4.78 is 29.2. The Kier molecular flexibility index (Phi) is 5.24. The third kappa shape index (κ3) is 5.09. The molecule has 0 aromatic heterocycles. The smallest absolute Gasteiger partial charge is 0.335 e. The van der Waals surface area contributed by atoms with Gasteiger partial charge in [0.25, 0.3) is 10.1 Å². The Labute approximate surface area is 115 Å². The van der Waals surface area contributed by atoms with Crippen LogP contribution in [-0.4, -0.2) is 29.2 Å². The Bertz CT molecular complexity index is 662. The molecule has 2 aromatic rings. The number of carbonyl (C=O) groups is 1. The Balaban J connectivity index is 0.000000200. The van der Waals surface area contributed by atoms with Gasteiger partial charge in [-0.2, -0.15) is 8.42 Å². The summed E-state index contributed by atoms with van der Waals surface area (Å²) >= 11 is 0. The number of carboxylic acid groups (broad SMARTS) is 1. The second-order valence-electron chi connectivity index (χ2n) is 3.64. The molecule has 0 heterocycles. The van der Waals surface area contributed by atoms with Crippen molar-refractivity contribution in [3.8, 4) is 5.75 Å². The fraction of sp³-hybridized carbons (Fsp3) is 0. The lowest BCUT2D eigenvalue weighted by atomic mass is 10.2. The van der Waals surface area contributed by atoms with E-state index in [0.717, 1.165) is 0 Å². The van der Waals surface area contributed by atoms with Gasteiger partial charge in [0.1, 0.15) is 5.75 Å². The summed E-state index contributed by atoms with van der Waals surface area (Å²) in [5.41, 5.74) is 0.179. The number of phenolic OH excluding ortho intramolecular Hbond substituents is 1. The lowest BCUT2D eigenvalue weighted by Gasteiger charge is -1.92. The van der Waals surface area contributed by atoms with E-state index in [1.165, 1.54) is 36.4 Å². The highest BCUT2D eigenvalue weighted by Gasteiger charge is 2.05. The maximum absolute atomic E-state index is 10.4. The maximum atomic E-state index is 10.4. The van der Waals surface area contributed by atoms with E-state index in [1.807, 2.05) is 0 Å². The molecule has 0 fully saturated rings. The molecule has 0 aliphatic carbocycles. The lowest BCUT2D eigenvalue weighted by molar-refractivity contribution is 0.0697. The summed E-state index contributed by atoms with van der Waals surface area (Å²) in [6.45, 7) is 0. The highest BCUT2D eigenvalue weighted by molar-refractivity contribution is 7.85. The van der Waals surface area contributed by atoms with Crippen molar-refractivity contribution in [1.29, 1.82) is 0 Å². The Morgan fingerprint density at radius 2 is 1.40 bits per heavy atom. The van der Waals surface area contributed by atoms with Crippen molar-refractivity contribution < 1.29 is 28.0 Å². The van der Waals surface area contributed by atoms with E-state index in [9.17, 15) is 13.2 Å². The summed E-state index contributed by atoms with van der Waals surface area (Å²) in [5.74, 6) is -0.912. The van der Waals surface area contributed by atoms with E-state index >= 15 is 0 Å². The molecule has 0 aliphatic rings. The van der Waals surface area contributed by atoms with Crippen molar-refractivity contribution in [2.45, 2.75) is 4.90 Å². The molecular formula is C13H12O6S. The number of aromatic carboxylic acids is 1. The van der Waals surface area contributed by atoms with Crippen molar-refractivity contribution in [3.05, 3.63) is 60.2 Å². The van der Waals surface area contributed by atoms with Crippen LogP contribution in [-0.2, 0) is 10.1 Å². The van der Waals surface area contributed by atoms with Crippen molar-refractivity contribution in [3.63, 3.8) is 0 Å². The molecule has 6 nitrogen and oxygen atoms in total. The molecule has 0 saturated heterocycles. The Morgan fingerprint density at radius 1 is 0.900 bits per heavy atom. The summed E-state index contributed by atoms with van der Waals surface area (Å²) in [5, 5.41) is 17.1. The van der Waals surface area contributed by atoms with Crippen LogP contribution >= 0.6 is 0 Å². The minimum atomic E-state index is -4.00. The molecule has 20 heavy (non-hydrogen) atoms. The van der Waals surface area contributed by atoms with Crippen LogP contribution in [0.4, 0.5) is 0 Å². The largest absolute Gasteiger partial charge is 0.508 e. The third-order valence-electron chi connectivity index (χ3n) is 2.16. The van der Waals surface area contributed by atoms with Gasteiger partial charge in [0.2, 0.25) is 0 Å². The topological polar surface area (TPSA) is 112 Å².